The highest BCUT2D eigenvalue weighted by molar-refractivity contribution is 5.99. The van der Waals surface area contributed by atoms with Crippen molar-refractivity contribution in [1.82, 2.24) is 5.32 Å². The fourth-order valence-corrected chi connectivity index (χ4v) is 2.40. The van der Waals surface area contributed by atoms with Crippen LogP contribution in [0.2, 0.25) is 0 Å². The van der Waals surface area contributed by atoms with Crippen LogP contribution in [-0.4, -0.2) is 37.5 Å². The van der Waals surface area contributed by atoms with Crippen molar-refractivity contribution in [3.63, 3.8) is 0 Å². The molecule has 0 spiro atoms. The molecule has 0 unspecified atom stereocenters. The average molecular weight is 329 g/mol. The fraction of sp³-hybridized carbons (Fsp3) is 0.412. The molecule has 1 aromatic carbocycles. The second kappa shape index (κ2) is 8.11. The molecule has 1 heterocycles. The monoisotopic (exact) mass is 329 g/mol. The summed E-state index contributed by atoms with van der Waals surface area (Å²) in [5.74, 6) is -1.74. The Morgan fingerprint density at radius 1 is 1.38 bits per heavy atom. The van der Waals surface area contributed by atoms with Crippen molar-refractivity contribution in [3.8, 4) is 6.07 Å². The van der Waals surface area contributed by atoms with Crippen molar-refractivity contribution in [3.05, 3.63) is 29.8 Å². The van der Waals surface area contributed by atoms with E-state index in [0.29, 0.717) is 0 Å². The summed E-state index contributed by atoms with van der Waals surface area (Å²) in [5.41, 5.74) is 1.83. The van der Waals surface area contributed by atoms with E-state index in [4.69, 9.17) is 10.00 Å². The number of carbonyl (C=O) groups is 3. The molecule has 0 aromatic heterocycles. The Morgan fingerprint density at radius 3 is 2.75 bits per heavy atom. The predicted molar refractivity (Wildman–Crippen MR) is 85.8 cm³/mol. The highest BCUT2D eigenvalue weighted by Crippen LogP contribution is 2.26. The van der Waals surface area contributed by atoms with E-state index in [-0.39, 0.29) is 31.8 Å². The van der Waals surface area contributed by atoms with Gasteiger partial charge in [0.25, 0.3) is 5.91 Å². The number of nitrogens with zero attached hydrogens (tertiary/aromatic N) is 2. The van der Waals surface area contributed by atoms with Gasteiger partial charge in [-0.1, -0.05) is 17.7 Å². The second-order valence-corrected chi connectivity index (χ2v) is 5.61. The Morgan fingerprint density at radius 2 is 2.08 bits per heavy atom. The molecule has 2 rings (SSSR count). The van der Waals surface area contributed by atoms with Crippen LogP contribution in [0.1, 0.15) is 18.4 Å². The first-order chi connectivity index (χ1) is 11.5. The van der Waals surface area contributed by atoms with Crippen LogP contribution in [-0.2, 0) is 19.1 Å². The SMILES string of the molecule is Cc1ccc(N2C[C@H](C(=O)OCC(=O)NCCC#N)CC2=O)cc1. The lowest BCUT2D eigenvalue weighted by atomic mass is 10.1. The summed E-state index contributed by atoms with van der Waals surface area (Å²) in [6, 6.07) is 9.37. The van der Waals surface area contributed by atoms with Crippen molar-refractivity contribution in [2.45, 2.75) is 19.8 Å². The number of ether oxygens (including phenoxy) is 1. The van der Waals surface area contributed by atoms with Crippen LogP contribution in [0.25, 0.3) is 0 Å². The zero-order chi connectivity index (χ0) is 17.5. The standard InChI is InChI=1S/C17H19N3O4/c1-12-3-5-14(6-4-12)20-10-13(9-16(20)22)17(23)24-11-15(21)19-8-2-7-18/h3-6,13H,2,8-11H2,1H3,(H,19,21)/t13-/m1/s1. The zero-order valence-corrected chi connectivity index (χ0v) is 13.4. The fourth-order valence-electron chi connectivity index (χ4n) is 2.40. The van der Waals surface area contributed by atoms with Crippen molar-refractivity contribution in [2.75, 3.05) is 24.6 Å². The molecule has 1 saturated heterocycles. The summed E-state index contributed by atoms with van der Waals surface area (Å²) in [6.07, 6.45) is 0.269. The number of nitriles is 1. The van der Waals surface area contributed by atoms with Gasteiger partial charge in [0.05, 0.1) is 18.4 Å². The molecule has 0 bridgehead atoms. The number of nitrogens with one attached hydrogen (secondary N) is 1. The van der Waals surface area contributed by atoms with Gasteiger partial charge in [-0.15, -0.1) is 0 Å². The number of hydrogen-bond donors (Lipinski definition) is 1. The Kier molecular flexibility index (Phi) is 5.90. The van der Waals surface area contributed by atoms with Crippen molar-refractivity contribution < 1.29 is 19.1 Å². The van der Waals surface area contributed by atoms with Crippen molar-refractivity contribution in [1.29, 1.82) is 5.26 Å². The highest BCUT2D eigenvalue weighted by atomic mass is 16.5. The Hall–Kier alpha value is -2.88. The van der Waals surface area contributed by atoms with E-state index in [1.165, 1.54) is 0 Å². The number of esters is 1. The predicted octanol–water partition coefficient (Wildman–Crippen LogP) is 0.921. The molecule has 126 valence electrons. The second-order valence-electron chi connectivity index (χ2n) is 5.61. The summed E-state index contributed by atoms with van der Waals surface area (Å²) < 4.78 is 4.96. The summed E-state index contributed by atoms with van der Waals surface area (Å²) in [7, 11) is 0. The number of carbonyl (C=O) groups excluding carboxylic acids is 3. The van der Waals surface area contributed by atoms with E-state index in [1.807, 2.05) is 37.3 Å². The van der Waals surface area contributed by atoms with E-state index in [0.717, 1.165) is 11.3 Å². The van der Waals surface area contributed by atoms with Crippen LogP contribution in [0, 0.1) is 24.2 Å². The van der Waals surface area contributed by atoms with Crippen LogP contribution in [0.3, 0.4) is 0 Å². The maximum atomic E-state index is 12.1. The third kappa shape index (κ3) is 4.56. The maximum Gasteiger partial charge on any atom is 0.311 e. The molecular weight excluding hydrogens is 310 g/mol. The topological polar surface area (TPSA) is 99.5 Å². The molecule has 7 heteroatoms. The van der Waals surface area contributed by atoms with Crippen molar-refractivity contribution in [2.24, 2.45) is 5.92 Å². The summed E-state index contributed by atoms with van der Waals surface area (Å²) in [6.45, 7) is 2.02. The van der Waals surface area contributed by atoms with Crippen LogP contribution in [0.5, 0.6) is 0 Å². The Labute approximate surface area is 140 Å². The smallest absolute Gasteiger partial charge is 0.311 e. The zero-order valence-electron chi connectivity index (χ0n) is 13.4. The molecule has 1 aromatic rings. The molecular formula is C17H19N3O4. The Bertz CT molecular complexity index is 663. The molecule has 7 nitrogen and oxygen atoms in total. The largest absolute Gasteiger partial charge is 0.455 e. The minimum atomic E-state index is -0.578. The van der Waals surface area contributed by atoms with Gasteiger partial charge in [0, 0.05) is 25.2 Å². The minimum Gasteiger partial charge on any atom is -0.455 e. The first-order valence-electron chi connectivity index (χ1n) is 7.68. The molecule has 1 N–H and O–H groups in total. The Balaban J connectivity index is 1.84. The molecule has 1 atom stereocenters. The summed E-state index contributed by atoms with van der Waals surface area (Å²) in [4.78, 5) is 37.1. The quantitative estimate of drug-likeness (QED) is 0.618. The van der Waals surface area contributed by atoms with Crippen LogP contribution in [0.4, 0.5) is 5.69 Å². The number of anilines is 1. The van der Waals surface area contributed by atoms with E-state index in [9.17, 15) is 14.4 Å². The highest BCUT2D eigenvalue weighted by Gasteiger charge is 2.36. The van der Waals surface area contributed by atoms with Gasteiger partial charge in [0.15, 0.2) is 6.61 Å². The number of aryl methyl sites for hydroxylation is 1. The van der Waals surface area contributed by atoms with E-state index in [1.54, 1.807) is 4.90 Å². The molecule has 0 saturated carbocycles. The first kappa shape index (κ1) is 17.5. The van der Waals surface area contributed by atoms with E-state index < -0.39 is 24.4 Å². The molecule has 0 aliphatic carbocycles. The molecule has 24 heavy (non-hydrogen) atoms. The average Bonchev–Trinajstić information content (AvgIpc) is 2.95. The summed E-state index contributed by atoms with van der Waals surface area (Å²) in [5, 5.41) is 10.8. The third-order valence-corrected chi connectivity index (χ3v) is 3.71. The number of amides is 2. The lowest BCUT2D eigenvalue weighted by Gasteiger charge is -2.16. The number of rotatable bonds is 6. The molecule has 1 aliphatic rings. The van der Waals surface area contributed by atoms with Gasteiger partial charge in [0.2, 0.25) is 5.91 Å². The van der Waals surface area contributed by atoms with Crippen molar-refractivity contribution >= 4 is 23.5 Å². The normalized spacial score (nSPS) is 16.6. The molecule has 1 aliphatic heterocycles. The minimum absolute atomic E-state index is 0.0722. The van der Waals surface area contributed by atoms with Gasteiger partial charge < -0.3 is 15.0 Å². The lowest BCUT2D eigenvalue weighted by molar-refractivity contribution is -0.152. The van der Waals surface area contributed by atoms with Gasteiger partial charge in [-0.25, -0.2) is 0 Å². The maximum absolute atomic E-state index is 12.1. The van der Waals surface area contributed by atoms with E-state index in [2.05, 4.69) is 5.32 Å². The van der Waals surface area contributed by atoms with Gasteiger partial charge in [0.1, 0.15) is 0 Å². The molecule has 1 fully saturated rings. The first-order valence-corrected chi connectivity index (χ1v) is 7.68. The molecule has 0 radical (unpaired) electrons. The van der Waals surface area contributed by atoms with Crippen LogP contribution < -0.4 is 10.2 Å². The van der Waals surface area contributed by atoms with Gasteiger partial charge in [-0.2, -0.15) is 5.26 Å². The summed E-state index contributed by atoms with van der Waals surface area (Å²) >= 11 is 0. The number of hydrogen-bond acceptors (Lipinski definition) is 5. The van der Waals surface area contributed by atoms with E-state index >= 15 is 0 Å². The van der Waals surface area contributed by atoms with Gasteiger partial charge in [-0.05, 0) is 19.1 Å². The third-order valence-electron chi connectivity index (χ3n) is 3.71. The van der Waals surface area contributed by atoms with Crippen LogP contribution in [0.15, 0.2) is 24.3 Å². The van der Waals surface area contributed by atoms with Gasteiger partial charge >= 0.3 is 5.97 Å². The van der Waals surface area contributed by atoms with Crippen LogP contribution >= 0.6 is 0 Å². The lowest BCUT2D eigenvalue weighted by Crippen LogP contribution is -2.31. The van der Waals surface area contributed by atoms with Gasteiger partial charge in [-0.3, -0.25) is 14.4 Å². The molecule has 2 amide bonds. The number of benzene rings is 1.